The number of rotatable bonds is 2. The molecule has 0 aliphatic rings. The van der Waals surface area contributed by atoms with Gasteiger partial charge >= 0.3 is 0 Å². The Kier molecular flexibility index (Phi) is 3.22. The predicted molar refractivity (Wildman–Crippen MR) is 66.4 cm³/mol. The van der Waals surface area contributed by atoms with Gasteiger partial charge in [0.15, 0.2) is 0 Å². The Bertz CT molecular complexity index is 568. The molecule has 0 spiro atoms. The van der Waals surface area contributed by atoms with Gasteiger partial charge in [0.2, 0.25) is 0 Å². The van der Waals surface area contributed by atoms with Crippen LogP contribution >= 0.6 is 23.8 Å². The monoisotopic (exact) mass is 252 g/mol. The number of nitrogens with zero attached hydrogens (tertiary/aromatic N) is 1. The SMILES string of the molecule is COc1cc(Cl)ccc1-c1nccc(=S)[nH]1. The van der Waals surface area contributed by atoms with Gasteiger partial charge < -0.3 is 9.72 Å². The number of benzene rings is 1. The summed E-state index contributed by atoms with van der Waals surface area (Å²) in [6, 6.07) is 7.09. The molecule has 2 aromatic rings. The molecule has 0 amide bonds. The molecule has 0 aliphatic carbocycles. The van der Waals surface area contributed by atoms with Crippen molar-refractivity contribution in [3.8, 4) is 17.1 Å². The summed E-state index contributed by atoms with van der Waals surface area (Å²) in [5.41, 5.74) is 0.832. The Morgan fingerprint density at radius 3 is 2.88 bits per heavy atom. The van der Waals surface area contributed by atoms with Gasteiger partial charge in [-0.2, -0.15) is 0 Å². The molecule has 0 aliphatic heterocycles. The van der Waals surface area contributed by atoms with Crippen molar-refractivity contribution >= 4 is 23.8 Å². The van der Waals surface area contributed by atoms with E-state index in [9.17, 15) is 0 Å². The predicted octanol–water partition coefficient (Wildman–Crippen LogP) is 3.47. The number of nitrogens with one attached hydrogen (secondary N) is 1. The minimum Gasteiger partial charge on any atom is -0.496 e. The van der Waals surface area contributed by atoms with Crippen molar-refractivity contribution in [2.45, 2.75) is 0 Å². The van der Waals surface area contributed by atoms with E-state index in [1.807, 2.05) is 6.07 Å². The molecule has 1 aromatic carbocycles. The Morgan fingerprint density at radius 2 is 2.19 bits per heavy atom. The van der Waals surface area contributed by atoms with E-state index in [-0.39, 0.29) is 0 Å². The third-order valence-corrected chi connectivity index (χ3v) is 2.56. The molecule has 82 valence electrons. The van der Waals surface area contributed by atoms with Crippen LogP contribution in [0.25, 0.3) is 11.4 Å². The largest absolute Gasteiger partial charge is 0.496 e. The maximum atomic E-state index is 5.88. The summed E-state index contributed by atoms with van der Waals surface area (Å²) >= 11 is 10.9. The average molecular weight is 253 g/mol. The van der Waals surface area contributed by atoms with Crippen molar-refractivity contribution in [3.63, 3.8) is 0 Å². The van der Waals surface area contributed by atoms with Gasteiger partial charge in [0, 0.05) is 11.2 Å². The summed E-state index contributed by atoms with van der Waals surface area (Å²) in [6.45, 7) is 0. The van der Waals surface area contributed by atoms with Gasteiger partial charge in [-0.1, -0.05) is 23.8 Å². The number of ether oxygens (including phenoxy) is 1. The molecular formula is C11H9ClN2OS. The van der Waals surface area contributed by atoms with Crippen LogP contribution in [-0.2, 0) is 0 Å². The number of aromatic nitrogens is 2. The van der Waals surface area contributed by atoms with Crippen LogP contribution in [0.5, 0.6) is 5.75 Å². The zero-order valence-corrected chi connectivity index (χ0v) is 10.1. The minimum atomic E-state index is 0.620. The highest BCUT2D eigenvalue weighted by molar-refractivity contribution is 7.71. The first-order chi connectivity index (χ1) is 7.70. The van der Waals surface area contributed by atoms with Gasteiger partial charge in [-0.3, -0.25) is 0 Å². The lowest BCUT2D eigenvalue weighted by Gasteiger charge is -2.07. The quantitative estimate of drug-likeness (QED) is 0.832. The zero-order chi connectivity index (χ0) is 11.5. The second kappa shape index (κ2) is 4.63. The van der Waals surface area contributed by atoms with Crippen molar-refractivity contribution in [2.75, 3.05) is 7.11 Å². The van der Waals surface area contributed by atoms with E-state index < -0.39 is 0 Å². The molecule has 0 atom stereocenters. The van der Waals surface area contributed by atoms with Crippen molar-refractivity contribution in [3.05, 3.63) is 40.1 Å². The van der Waals surface area contributed by atoms with Gasteiger partial charge in [0.25, 0.3) is 0 Å². The van der Waals surface area contributed by atoms with Crippen LogP contribution in [-0.4, -0.2) is 17.1 Å². The fourth-order valence-corrected chi connectivity index (χ4v) is 1.69. The fraction of sp³-hybridized carbons (Fsp3) is 0.0909. The zero-order valence-electron chi connectivity index (χ0n) is 8.53. The second-order valence-corrected chi connectivity index (χ2v) is 4.00. The van der Waals surface area contributed by atoms with Crippen LogP contribution in [0, 0.1) is 4.64 Å². The van der Waals surface area contributed by atoms with E-state index in [1.165, 1.54) is 0 Å². The first-order valence-electron chi connectivity index (χ1n) is 4.60. The Balaban J connectivity index is 2.59. The molecule has 0 saturated heterocycles. The van der Waals surface area contributed by atoms with Crippen LogP contribution in [0.1, 0.15) is 0 Å². The van der Waals surface area contributed by atoms with E-state index in [0.717, 1.165) is 5.56 Å². The maximum absolute atomic E-state index is 5.88. The molecule has 0 saturated carbocycles. The van der Waals surface area contributed by atoms with E-state index in [2.05, 4.69) is 9.97 Å². The summed E-state index contributed by atoms with van der Waals surface area (Å²) in [4.78, 5) is 7.20. The fourth-order valence-electron chi connectivity index (χ4n) is 1.37. The number of hydrogen-bond acceptors (Lipinski definition) is 3. The van der Waals surface area contributed by atoms with E-state index in [1.54, 1.807) is 31.5 Å². The topological polar surface area (TPSA) is 37.9 Å². The molecule has 0 fully saturated rings. The highest BCUT2D eigenvalue weighted by atomic mass is 35.5. The first-order valence-corrected chi connectivity index (χ1v) is 5.38. The smallest absolute Gasteiger partial charge is 0.141 e. The molecule has 2 rings (SSSR count). The van der Waals surface area contributed by atoms with Crippen LogP contribution < -0.4 is 4.74 Å². The summed E-state index contributed by atoms with van der Waals surface area (Å²) < 4.78 is 5.87. The van der Waals surface area contributed by atoms with E-state index >= 15 is 0 Å². The van der Waals surface area contributed by atoms with Crippen LogP contribution in [0.2, 0.25) is 5.02 Å². The molecule has 1 heterocycles. The molecule has 3 nitrogen and oxygen atoms in total. The number of H-pyrrole nitrogens is 1. The van der Waals surface area contributed by atoms with E-state index in [4.69, 9.17) is 28.6 Å². The van der Waals surface area contributed by atoms with Gasteiger partial charge in [-0.25, -0.2) is 4.98 Å². The Hall–Kier alpha value is -1.39. The summed E-state index contributed by atoms with van der Waals surface area (Å²) in [7, 11) is 1.59. The molecule has 1 aromatic heterocycles. The standard InChI is InChI=1S/C11H9ClN2OS/c1-15-9-6-7(12)2-3-8(9)11-13-5-4-10(16)14-11/h2-6H,1H3,(H,13,14,16). The molecular weight excluding hydrogens is 244 g/mol. The lowest BCUT2D eigenvalue weighted by atomic mass is 10.2. The molecule has 5 heteroatoms. The first kappa shape index (κ1) is 11.1. The van der Waals surface area contributed by atoms with Crippen molar-refractivity contribution in [1.82, 2.24) is 9.97 Å². The van der Waals surface area contributed by atoms with E-state index in [0.29, 0.717) is 21.2 Å². The Labute approximate surface area is 103 Å². The normalized spacial score (nSPS) is 10.1. The number of halogens is 1. The average Bonchev–Trinajstić information content (AvgIpc) is 2.28. The lowest BCUT2D eigenvalue weighted by molar-refractivity contribution is 0.416. The molecule has 16 heavy (non-hydrogen) atoms. The van der Waals surface area contributed by atoms with Gasteiger partial charge in [0.1, 0.15) is 16.2 Å². The number of hydrogen-bond donors (Lipinski definition) is 1. The third kappa shape index (κ3) is 2.23. The Morgan fingerprint density at radius 1 is 1.38 bits per heavy atom. The summed E-state index contributed by atoms with van der Waals surface area (Å²) in [6.07, 6.45) is 1.65. The lowest BCUT2D eigenvalue weighted by Crippen LogP contribution is -1.92. The van der Waals surface area contributed by atoms with Gasteiger partial charge in [-0.15, -0.1) is 0 Å². The summed E-state index contributed by atoms with van der Waals surface area (Å²) in [5.74, 6) is 1.33. The van der Waals surface area contributed by atoms with Crippen LogP contribution in [0.15, 0.2) is 30.5 Å². The highest BCUT2D eigenvalue weighted by Gasteiger charge is 2.07. The highest BCUT2D eigenvalue weighted by Crippen LogP contribution is 2.29. The molecule has 0 bridgehead atoms. The van der Waals surface area contributed by atoms with Crippen LogP contribution in [0.3, 0.4) is 0 Å². The second-order valence-electron chi connectivity index (χ2n) is 3.13. The maximum Gasteiger partial charge on any atom is 0.141 e. The van der Waals surface area contributed by atoms with Crippen molar-refractivity contribution in [2.24, 2.45) is 0 Å². The van der Waals surface area contributed by atoms with Gasteiger partial charge in [0.05, 0.1) is 12.7 Å². The van der Waals surface area contributed by atoms with Crippen molar-refractivity contribution in [1.29, 1.82) is 0 Å². The minimum absolute atomic E-state index is 0.620. The molecule has 0 unspecified atom stereocenters. The summed E-state index contributed by atoms with van der Waals surface area (Å²) in [5, 5.41) is 0.620. The van der Waals surface area contributed by atoms with Crippen molar-refractivity contribution < 1.29 is 4.74 Å². The van der Waals surface area contributed by atoms with Crippen LogP contribution in [0.4, 0.5) is 0 Å². The number of methoxy groups -OCH3 is 1. The number of aromatic amines is 1. The molecule has 0 radical (unpaired) electrons. The molecule has 1 N–H and O–H groups in total. The third-order valence-electron chi connectivity index (χ3n) is 2.09. The van der Waals surface area contributed by atoms with Gasteiger partial charge in [-0.05, 0) is 24.3 Å².